The maximum absolute atomic E-state index is 11.9. The number of carbonyl (C=O) groups excluding carboxylic acids is 1. The molecule has 16 heavy (non-hydrogen) atoms. The molecule has 0 aromatic rings. The topological polar surface area (TPSA) is 52.6 Å². The van der Waals surface area contributed by atoms with Crippen molar-refractivity contribution < 1.29 is 9.90 Å². The molecule has 1 aliphatic heterocycles. The quantitative estimate of drug-likeness (QED) is 0.770. The first-order valence-corrected chi connectivity index (χ1v) is 6.37. The average Bonchev–Trinajstić information content (AvgIpc) is 2.26. The van der Waals surface area contributed by atoms with E-state index >= 15 is 0 Å². The third-order valence-corrected chi connectivity index (χ3v) is 3.03. The predicted molar refractivity (Wildman–Crippen MR) is 64.3 cm³/mol. The summed E-state index contributed by atoms with van der Waals surface area (Å²) in [6.07, 6.45) is 4.58. The molecule has 1 rings (SSSR count). The molecule has 0 aliphatic carbocycles. The Balaban J connectivity index is 2.48. The van der Waals surface area contributed by atoms with Crippen LogP contribution in [0.5, 0.6) is 0 Å². The highest BCUT2D eigenvalue weighted by atomic mass is 16.3. The number of hydrogen-bond donors (Lipinski definition) is 2. The van der Waals surface area contributed by atoms with E-state index in [0.717, 1.165) is 38.8 Å². The van der Waals surface area contributed by atoms with Crippen molar-refractivity contribution in [1.29, 1.82) is 0 Å². The third kappa shape index (κ3) is 4.00. The number of carbonyl (C=O) groups is 1. The lowest BCUT2D eigenvalue weighted by Crippen LogP contribution is -2.49. The van der Waals surface area contributed by atoms with Crippen LogP contribution in [0.25, 0.3) is 0 Å². The summed E-state index contributed by atoms with van der Waals surface area (Å²) >= 11 is 0. The lowest BCUT2D eigenvalue weighted by atomic mass is 9.98. The van der Waals surface area contributed by atoms with Crippen molar-refractivity contribution in [1.82, 2.24) is 10.2 Å². The van der Waals surface area contributed by atoms with Crippen molar-refractivity contribution in [2.24, 2.45) is 0 Å². The van der Waals surface area contributed by atoms with Crippen LogP contribution in [0.15, 0.2) is 0 Å². The number of nitrogens with zero attached hydrogens (tertiary/aromatic N) is 1. The van der Waals surface area contributed by atoms with Crippen LogP contribution < -0.4 is 5.32 Å². The minimum atomic E-state index is -0.329. The molecule has 1 heterocycles. The molecule has 94 valence electrons. The Kier molecular flexibility index (Phi) is 5.60. The Morgan fingerprint density at radius 1 is 1.56 bits per heavy atom. The molecule has 0 radical (unpaired) electrons. The Hall–Kier alpha value is -0.770. The Labute approximate surface area is 98.0 Å². The number of amides is 2. The van der Waals surface area contributed by atoms with Gasteiger partial charge in [0.1, 0.15) is 0 Å². The Bertz CT molecular complexity index is 219. The van der Waals surface area contributed by atoms with E-state index in [2.05, 4.69) is 5.32 Å². The van der Waals surface area contributed by atoms with Crippen molar-refractivity contribution >= 4 is 6.03 Å². The largest absolute Gasteiger partial charge is 0.393 e. The Morgan fingerprint density at radius 2 is 2.31 bits per heavy atom. The number of aliphatic hydroxyl groups excluding tert-OH is 1. The normalized spacial score (nSPS) is 22.9. The Morgan fingerprint density at radius 3 is 2.94 bits per heavy atom. The van der Waals surface area contributed by atoms with Gasteiger partial charge in [-0.05, 0) is 39.0 Å². The fourth-order valence-corrected chi connectivity index (χ4v) is 2.24. The zero-order chi connectivity index (χ0) is 12.0. The van der Waals surface area contributed by atoms with E-state index in [-0.39, 0.29) is 18.2 Å². The van der Waals surface area contributed by atoms with E-state index in [1.807, 2.05) is 11.8 Å². The standard InChI is InChI=1S/C12H24N2O2/c1-3-7-13-12(16)14-8-5-4-6-11(14)9-10(2)15/h10-11,15H,3-9H2,1-2H3,(H,13,16). The summed E-state index contributed by atoms with van der Waals surface area (Å²) in [6, 6.07) is 0.248. The summed E-state index contributed by atoms with van der Waals surface area (Å²) in [7, 11) is 0. The van der Waals surface area contributed by atoms with Crippen LogP contribution in [-0.2, 0) is 0 Å². The minimum Gasteiger partial charge on any atom is -0.393 e. The van der Waals surface area contributed by atoms with Gasteiger partial charge >= 0.3 is 6.03 Å². The predicted octanol–water partition coefficient (Wildman–Crippen LogP) is 1.73. The van der Waals surface area contributed by atoms with Gasteiger partial charge in [0.15, 0.2) is 0 Å². The van der Waals surface area contributed by atoms with Gasteiger partial charge in [-0.25, -0.2) is 4.79 Å². The van der Waals surface area contributed by atoms with Crippen LogP contribution in [-0.4, -0.2) is 41.3 Å². The van der Waals surface area contributed by atoms with Crippen molar-refractivity contribution in [3.8, 4) is 0 Å². The maximum atomic E-state index is 11.9. The molecule has 2 unspecified atom stereocenters. The average molecular weight is 228 g/mol. The molecule has 1 saturated heterocycles. The number of hydrogen-bond acceptors (Lipinski definition) is 2. The first kappa shape index (κ1) is 13.3. The highest BCUT2D eigenvalue weighted by Crippen LogP contribution is 2.20. The first-order chi connectivity index (χ1) is 7.65. The summed E-state index contributed by atoms with van der Waals surface area (Å²) in [5.41, 5.74) is 0. The number of piperidine rings is 1. The monoisotopic (exact) mass is 228 g/mol. The highest BCUT2D eigenvalue weighted by molar-refractivity contribution is 5.74. The molecule has 4 heteroatoms. The second-order valence-electron chi connectivity index (χ2n) is 4.66. The second kappa shape index (κ2) is 6.74. The molecule has 0 bridgehead atoms. The maximum Gasteiger partial charge on any atom is 0.317 e. The van der Waals surface area contributed by atoms with Crippen molar-refractivity contribution in [3.63, 3.8) is 0 Å². The number of nitrogens with one attached hydrogen (secondary N) is 1. The zero-order valence-corrected chi connectivity index (χ0v) is 10.4. The van der Waals surface area contributed by atoms with Gasteiger partial charge < -0.3 is 15.3 Å². The van der Waals surface area contributed by atoms with E-state index in [1.54, 1.807) is 6.92 Å². The molecular formula is C12H24N2O2. The van der Waals surface area contributed by atoms with Crippen LogP contribution in [0.3, 0.4) is 0 Å². The van der Waals surface area contributed by atoms with E-state index in [1.165, 1.54) is 0 Å². The summed E-state index contributed by atoms with van der Waals surface area (Å²) in [6.45, 7) is 5.39. The summed E-state index contributed by atoms with van der Waals surface area (Å²) in [5.74, 6) is 0. The number of rotatable bonds is 4. The van der Waals surface area contributed by atoms with E-state index in [0.29, 0.717) is 6.42 Å². The third-order valence-electron chi connectivity index (χ3n) is 3.03. The lowest BCUT2D eigenvalue weighted by Gasteiger charge is -2.36. The molecule has 1 aliphatic rings. The van der Waals surface area contributed by atoms with E-state index < -0.39 is 0 Å². The number of urea groups is 1. The minimum absolute atomic E-state index is 0.0344. The van der Waals surface area contributed by atoms with Crippen LogP contribution in [0.1, 0.15) is 46.0 Å². The molecule has 1 fully saturated rings. The van der Waals surface area contributed by atoms with Crippen molar-refractivity contribution in [2.45, 2.75) is 58.1 Å². The van der Waals surface area contributed by atoms with Crippen molar-refractivity contribution in [3.05, 3.63) is 0 Å². The van der Waals surface area contributed by atoms with Gasteiger partial charge in [-0.2, -0.15) is 0 Å². The van der Waals surface area contributed by atoms with E-state index in [4.69, 9.17) is 0 Å². The molecule has 2 N–H and O–H groups in total. The van der Waals surface area contributed by atoms with Crippen molar-refractivity contribution in [2.75, 3.05) is 13.1 Å². The summed E-state index contributed by atoms with van der Waals surface area (Å²) in [4.78, 5) is 13.8. The second-order valence-corrected chi connectivity index (χ2v) is 4.66. The van der Waals surface area contributed by atoms with Crippen LogP contribution in [0.2, 0.25) is 0 Å². The van der Waals surface area contributed by atoms with Crippen LogP contribution in [0, 0.1) is 0 Å². The number of aliphatic hydroxyl groups is 1. The van der Waals surface area contributed by atoms with Crippen LogP contribution >= 0.6 is 0 Å². The molecule has 0 spiro atoms. The molecule has 2 atom stereocenters. The molecular weight excluding hydrogens is 204 g/mol. The smallest absolute Gasteiger partial charge is 0.317 e. The SMILES string of the molecule is CCCNC(=O)N1CCCCC1CC(C)O. The molecule has 0 aromatic carbocycles. The first-order valence-electron chi connectivity index (χ1n) is 6.37. The molecule has 0 aromatic heterocycles. The van der Waals surface area contributed by atoms with Gasteiger partial charge in [0.25, 0.3) is 0 Å². The van der Waals surface area contributed by atoms with Gasteiger partial charge in [0.2, 0.25) is 0 Å². The molecule has 0 saturated carbocycles. The summed E-state index contributed by atoms with van der Waals surface area (Å²) in [5, 5.41) is 12.3. The van der Waals surface area contributed by atoms with Gasteiger partial charge in [-0.15, -0.1) is 0 Å². The zero-order valence-electron chi connectivity index (χ0n) is 10.4. The fourth-order valence-electron chi connectivity index (χ4n) is 2.24. The van der Waals surface area contributed by atoms with Crippen LogP contribution in [0.4, 0.5) is 4.79 Å². The van der Waals surface area contributed by atoms with Gasteiger partial charge in [-0.1, -0.05) is 6.92 Å². The molecule has 2 amide bonds. The van der Waals surface area contributed by atoms with Gasteiger partial charge in [-0.3, -0.25) is 0 Å². The summed E-state index contributed by atoms with van der Waals surface area (Å²) < 4.78 is 0. The molecule has 4 nitrogen and oxygen atoms in total. The fraction of sp³-hybridized carbons (Fsp3) is 0.917. The van der Waals surface area contributed by atoms with E-state index in [9.17, 15) is 9.90 Å². The number of likely N-dealkylation sites (tertiary alicyclic amines) is 1. The lowest BCUT2D eigenvalue weighted by molar-refractivity contribution is 0.102. The van der Waals surface area contributed by atoms with Gasteiger partial charge in [0.05, 0.1) is 6.10 Å². The van der Waals surface area contributed by atoms with Gasteiger partial charge in [0, 0.05) is 19.1 Å². The highest BCUT2D eigenvalue weighted by Gasteiger charge is 2.27.